The largest absolute Gasteiger partial charge is 0.507 e. The molecule has 0 amide bonds. The smallest absolute Gasteiger partial charge is 0.320 e. The highest BCUT2D eigenvalue weighted by Crippen LogP contribution is 2.35. The highest BCUT2D eigenvalue weighted by molar-refractivity contribution is 5.70. The van der Waals surface area contributed by atoms with Crippen molar-refractivity contribution in [1.82, 2.24) is 15.0 Å². The molecule has 2 atom stereocenters. The zero-order valence-electron chi connectivity index (χ0n) is 22.1. The molecule has 1 heterocycles. The minimum absolute atomic E-state index is 0.00236. The topological polar surface area (TPSA) is 147 Å². The maximum absolute atomic E-state index is 10.7. The van der Waals surface area contributed by atoms with Gasteiger partial charge < -0.3 is 34.6 Å². The molecule has 0 saturated heterocycles. The van der Waals surface area contributed by atoms with Crippen LogP contribution in [0.15, 0.2) is 36.4 Å². The molecule has 3 rings (SSSR count). The number of aliphatic hydroxyl groups is 2. The third kappa shape index (κ3) is 8.19. The van der Waals surface area contributed by atoms with Crippen LogP contribution in [0.5, 0.6) is 29.0 Å². The van der Waals surface area contributed by atoms with Gasteiger partial charge >= 0.3 is 6.01 Å². The molecule has 2 aromatic carbocycles. The van der Waals surface area contributed by atoms with Gasteiger partial charge in [-0.3, -0.25) is 0 Å². The van der Waals surface area contributed by atoms with Gasteiger partial charge in [0.2, 0.25) is 0 Å². The molecule has 0 aliphatic rings. The number of rotatable bonds is 15. The first-order valence-corrected chi connectivity index (χ1v) is 12.9. The van der Waals surface area contributed by atoms with Crippen molar-refractivity contribution < 1.29 is 34.6 Å². The van der Waals surface area contributed by atoms with Crippen LogP contribution in [0.3, 0.4) is 0 Å². The van der Waals surface area contributed by atoms with Crippen molar-refractivity contribution in [3.8, 4) is 51.8 Å². The molecular weight excluding hydrogens is 490 g/mol. The molecule has 1 aromatic heterocycles. The van der Waals surface area contributed by atoms with Gasteiger partial charge in [-0.1, -0.05) is 39.5 Å². The molecule has 0 bridgehead atoms. The van der Waals surface area contributed by atoms with E-state index in [1.165, 1.54) is 19.2 Å². The predicted molar refractivity (Wildman–Crippen MR) is 143 cm³/mol. The Morgan fingerprint density at radius 3 is 1.53 bits per heavy atom. The molecule has 0 aliphatic carbocycles. The van der Waals surface area contributed by atoms with Crippen LogP contribution >= 0.6 is 0 Å². The van der Waals surface area contributed by atoms with E-state index >= 15 is 0 Å². The summed E-state index contributed by atoms with van der Waals surface area (Å²) in [5.41, 5.74) is 0.623. The summed E-state index contributed by atoms with van der Waals surface area (Å²) >= 11 is 0. The van der Waals surface area contributed by atoms with Crippen LogP contribution in [0.2, 0.25) is 0 Å². The minimum atomic E-state index is -0.581. The summed E-state index contributed by atoms with van der Waals surface area (Å²) in [6.07, 6.45) is 3.93. The Labute approximate surface area is 222 Å². The second-order valence-corrected chi connectivity index (χ2v) is 9.04. The van der Waals surface area contributed by atoms with Gasteiger partial charge in [0.25, 0.3) is 0 Å². The molecule has 10 nitrogen and oxygen atoms in total. The van der Waals surface area contributed by atoms with Crippen molar-refractivity contribution in [2.24, 2.45) is 0 Å². The lowest BCUT2D eigenvalue weighted by atomic mass is 10.1. The highest BCUT2D eigenvalue weighted by Gasteiger charge is 2.17. The Kier molecular flexibility index (Phi) is 10.9. The van der Waals surface area contributed by atoms with E-state index < -0.39 is 12.2 Å². The number of aromatic hydroxyl groups is 2. The van der Waals surface area contributed by atoms with Gasteiger partial charge in [0.1, 0.15) is 36.2 Å². The van der Waals surface area contributed by atoms with Crippen LogP contribution < -0.4 is 14.2 Å². The van der Waals surface area contributed by atoms with Crippen molar-refractivity contribution in [2.75, 3.05) is 20.3 Å². The zero-order valence-corrected chi connectivity index (χ0v) is 22.1. The minimum Gasteiger partial charge on any atom is -0.507 e. The number of aliphatic hydroxyl groups excluding tert-OH is 2. The predicted octanol–water partition coefficient (Wildman–Crippen LogP) is 4.49. The number of benzene rings is 2. The second-order valence-electron chi connectivity index (χ2n) is 9.04. The fourth-order valence-electron chi connectivity index (χ4n) is 3.70. The summed E-state index contributed by atoms with van der Waals surface area (Å²) < 4.78 is 16.4. The SMILES string of the molecule is CCCCC(O)COc1ccc(-c2nc(OC)nc(-c3ccc(OCC(O)CCCC)cc3O)n2)c(O)c1. The van der Waals surface area contributed by atoms with Gasteiger partial charge in [0.15, 0.2) is 11.6 Å². The van der Waals surface area contributed by atoms with E-state index in [1.807, 2.05) is 0 Å². The van der Waals surface area contributed by atoms with E-state index in [0.717, 1.165) is 25.7 Å². The molecule has 10 heteroatoms. The lowest BCUT2D eigenvalue weighted by Gasteiger charge is -2.14. The molecule has 4 N–H and O–H groups in total. The summed E-state index contributed by atoms with van der Waals surface area (Å²) in [5.74, 6) is 0.821. The van der Waals surface area contributed by atoms with Crippen LogP contribution in [0.25, 0.3) is 22.8 Å². The summed E-state index contributed by atoms with van der Waals surface area (Å²) in [4.78, 5) is 12.9. The second kappa shape index (κ2) is 14.3. The number of ether oxygens (including phenoxy) is 3. The van der Waals surface area contributed by atoms with E-state index in [-0.39, 0.29) is 42.4 Å². The van der Waals surface area contributed by atoms with Crippen molar-refractivity contribution in [3.63, 3.8) is 0 Å². The summed E-state index contributed by atoms with van der Waals surface area (Å²) in [5, 5.41) is 41.3. The van der Waals surface area contributed by atoms with Crippen molar-refractivity contribution in [3.05, 3.63) is 36.4 Å². The lowest BCUT2D eigenvalue weighted by molar-refractivity contribution is 0.0978. The first-order chi connectivity index (χ1) is 18.3. The standard InChI is InChI=1S/C28H37N3O7/c1-4-6-8-18(32)16-37-20-10-12-22(24(34)14-20)26-29-27(31-28(30-26)36-3)23-13-11-21(15-25(23)35)38-17-19(33)9-7-5-2/h10-15,18-19,32-35H,4-9,16-17H2,1-3H3. The Morgan fingerprint density at radius 1 is 0.711 bits per heavy atom. The number of hydrogen-bond acceptors (Lipinski definition) is 10. The molecule has 0 fully saturated rings. The van der Waals surface area contributed by atoms with E-state index in [4.69, 9.17) is 14.2 Å². The van der Waals surface area contributed by atoms with Gasteiger partial charge in [-0.15, -0.1) is 0 Å². The number of hydrogen-bond donors (Lipinski definition) is 4. The third-order valence-corrected chi connectivity index (χ3v) is 5.88. The molecule has 38 heavy (non-hydrogen) atoms. The Morgan fingerprint density at radius 2 is 1.16 bits per heavy atom. The first kappa shape index (κ1) is 28.9. The monoisotopic (exact) mass is 527 g/mol. The van der Waals surface area contributed by atoms with Gasteiger partial charge in [-0.25, -0.2) is 4.98 Å². The Balaban J connectivity index is 1.79. The highest BCUT2D eigenvalue weighted by atomic mass is 16.5. The normalized spacial score (nSPS) is 12.7. The Bertz CT molecular complexity index is 1090. The number of aromatic nitrogens is 3. The van der Waals surface area contributed by atoms with Crippen molar-refractivity contribution >= 4 is 0 Å². The molecule has 3 aromatic rings. The van der Waals surface area contributed by atoms with Crippen LogP contribution in [-0.2, 0) is 0 Å². The fraction of sp³-hybridized carbons (Fsp3) is 0.464. The van der Waals surface area contributed by atoms with Crippen LogP contribution in [0, 0.1) is 0 Å². The maximum Gasteiger partial charge on any atom is 0.320 e. The van der Waals surface area contributed by atoms with Crippen molar-refractivity contribution in [1.29, 1.82) is 0 Å². The van der Waals surface area contributed by atoms with Crippen LogP contribution in [0.1, 0.15) is 52.4 Å². The molecule has 0 spiro atoms. The van der Waals surface area contributed by atoms with E-state index in [2.05, 4.69) is 28.8 Å². The maximum atomic E-state index is 10.7. The summed E-state index contributed by atoms with van der Waals surface area (Å²) in [6.45, 7) is 4.36. The third-order valence-electron chi connectivity index (χ3n) is 5.88. The van der Waals surface area contributed by atoms with Crippen LogP contribution in [0.4, 0.5) is 0 Å². The van der Waals surface area contributed by atoms with Gasteiger partial charge in [0, 0.05) is 12.1 Å². The number of unbranched alkanes of at least 4 members (excludes halogenated alkanes) is 2. The zero-order chi connectivity index (χ0) is 27.5. The first-order valence-electron chi connectivity index (χ1n) is 12.9. The number of phenolic OH excluding ortho intramolecular Hbond substituents is 2. The number of phenols is 2. The number of methoxy groups -OCH3 is 1. The van der Waals surface area contributed by atoms with E-state index in [9.17, 15) is 20.4 Å². The van der Waals surface area contributed by atoms with E-state index in [0.29, 0.717) is 35.5 Å². The average Bonchev–Trinajstić information content (AvgIpc) is 2.92. The molecule has 0 radical (unpaired) electrons. The Hall–Kier alpha value is -3.63. The van der Waals surface area contributed by atoms with Gasteiger partial charge in [0.05, 0.1) is 30.4 Å². The average molecular weight is 528 g/mol. The van der Waals surface area contributed by atoms with Gasteiger partial charge in [-0.05, 0) is 37.1 Å². The lowest BCUT2D eigenvalue weighted by Crippen LogP contribution is -2.17. The molecule has 0 saturated carbocycles. The quantitative estimate of drug-likeness (QED) is 0.223. The molecule has 2 unspecified atom stereocenters. The summed E-state index contributed by atoms with van der Waals surface area (Å²) in [6, 6.07) is 9.35. The van der Waals surface area contributed by atoms with Crippen molar-refractivity contribution in [2.45, 2.75) is 64.6 Å². The molecule has 0 aliphatic heterocycles. The van der Waals surface area contributed by atoms with Gasteiger partial charge in [-0.2, -0.15) is 9.97 Å². The summed E-state index contributed by atoms with van der Waals surface area (Å²) in [7, 11) is 1.41. The number of nitrogens with zero attached hydrogens (tertiary/aromatic N) is 3. The fourth-order valence-corrected chi connectivity index (χ4v) is 3.70. The van der Waals surface area contributed by atoms with Crippen LogP contribution in [-0.4, -0.2) is 67.9 Å². The van der Waals surface area contributed by atoms with E-state index in [1.54, 1.807) is 24.3 Å². The molecule has 206 valence electrons. The molecular formula is C28H37N3O7.